The van der Waals surface area contributed by atoms with E-state index < -0.39 is 6.04 Å². The summed E-state index contributed by atoms with van der Waals surface area (Å²) in [7, 11) is 0. The van der Waals surface area contributed by atoms with Crippen LogP contribution in [0, 0.1) is 5.82 Å². The Morgan fingerprint density at radius 1 is 1.67 bits per heavy atom. The second kappa shape index (κ2) is 5.48. The van der Waals surface area contributed by atoms with Crippen LogP contribution < -0.4 is 5.01 Å². The highest BCUT2D eigenvalue weighted by molar-refractivity contribution is 9.18. The Bertz CT molecular complexity index is 493. The van der Waals surface area contributed by atoms with Crippen molar-refractivity contribution in [1.82, 2.24) is 0 Å². The molecule has 0 fully saturated rings. The predicted octanol–water partition coefficient (Wildman–Crippen LogP) is 2.68. The molecule has 2 rings (SSSR count). The van der Waals surface area contributed by atoms with E-state index in [1.165, 1.54) is 17.1 Å². The number of carbonyl (C=O) groups is 1. The Morgan fingerprint density at radius 2 is 2.44 bits per heavy atom. The highest BCUT2D eigenvalue weighted by Crippen LogP contribution is 2.27. The molecule has 1 heterocycles. The van der Waals surface area contributed by atoms with Crippen LogP contribution in [0.1, 0.15) is 13.3 Å². The van der Waals surface area contributed by atoms with Crippen LogP contribution in [0.4, 0.5) is 10.1 Å². The topological polar surface area (TPSA) is 41.9 Å². The molecule has 0 spiro atoms. The van der Waals surface area contributed by atoms with Crippen molar-refractivity contribution in [3.8, 4) is 0 Å². The first kappa shape index (κ1) is 13.0. The molecule has 0 saturated heterocycles. The Labute approximate surface area is 113 Å². The number of carbonyl (C=O) groups excluding carboxylic acids is 1. The molecule has 0 N–H and O–H groups in total. The van der Waals surface area contributed by atoms with Crippen molar-refractivity contribution in [2.75, 3.05) is 11.6 Å². The second-order valence-electron chi connectivity index (χ2n) is 3.77. The van der Waals surface area contributed by atoms with Crippen LogP contribution in [0.15, 0.2) is 29.4 Å². The Hall–Kier alpha value is -1.43. The van der Waals surface area contributed by atoms with E-state index in [-0.39, 0.29) is 11.8 Å². The Kier molecular flexibility index (Phi) is 3.96. The highest BCUT2D eigenvalue weighted by atomic mass is 79.9. The maximum Gasteiger partial charge on any atom is 0.331 e. The van der Waals surface area contributed by atoms with Gasteiger partial charge in [0.05, 0.1) is 12.3 Å². The van der Waals surface area contributed by atoms with Gasteiger partial charge in [-0.1, -0.05) is 6.07 Å². The Balaban J connectivity index is 2.26. The highest BCUT2D eigenvalue weighted by Gasteiger charge is 2.34. The lowest BCUT2D eigenvalue weighted by Gasteiger charge is -2.21. The van der Waals surface area contributed by atoms with E-state index in [2.05, 4.69) is 21.0 Å². The summed E-state index contributed by atoms with van der Waals surface area (Å²) in [4.78, 5) is 11.8. The summed E-state index contributed by atoms with van der Waals surface area (Å²) >= 11 is 3.26. The van der Waals surface area contributed by atoms with E-state index in [1.807, 2.05) is 0 Å². The summed E-state index contributed by atoms with van der Waals surface area (Å²) in [5.41, 5.74) is 0.530. The Morgan fingerprint density at radius 3 is 3.11 bits per heavy atom. The van der Waals surface area contributed by atoms with Gasteiger partial charge in [0.25, 0.3) is 0 Å². The van der Waals surface area contributed by atoms with Gasteiger partial charge in [-0.05, 0) is 41.1 Å². The van der Waals surface area contributed by atoms with Crippen LogP contribution in [0.5, 0.6) is 0 Å². The van der Waals surface area contributed by atoms with Crippen molar-refractivity contribution in [3.05, 3.63) is 30.1 Å². The predicted molar refractivity (Wildman–Crippen MR) is 70.3 cm³/mol. The molecule has 1 atom stereocenters. The molecule has 0 bridgehead atoms. The summed E-state index contributed by atoms with van der Waals surface area (Å²) in [6, 6.07) is 5.42. The van der Waals surface area contributed by atoms with Gasteiger partial charge < -0.3 is 4.74 Å². The van der Waals surface area contributed by atoms with Gasteiger partial charge in [-0.25, -0.2) is 14.2 Å². The lowest BCUT2D eigenvalue weighted by atomic mass is 10.2. The maximum atomic E-state index is 13.2. The van der Waals surface area contributed by atoms with Gasteiger partial charge in [0, 0.05) is 6.42 Å². The molecule has 96 valence electrons. The van der Waals surface area contributed by atoms with Crippen molar-refractivity contribution in [2.24, 2.45) is 5.10 Å². The van der Waals surface area contributed by atoms with Crippen LogP contribution in [0.3, 0.4) is 0 Å². The van der Waals surface area contributed by atoms with Gasteiger partial charge in [0.1, 0.15) is 10.4 Å². The molecule has 0 radical (unpaired) electrons. The van der Waals surface area contributed by atoms with E-state index in [4.69, 9.17) is 4.74 Å². The first-order chi connectivity index (χ1) is 8.61. The summed E-state index contributed by atoms with van der Waals surface area (Å²) in [6.07, 6.45) is 0.426. The van der Waals surface area contributed by atoms with Gasteiger partial charge in [-0.2, -0.15) is 5.10 Å². The minimum Gasteiger partial charge on any atom is -0.464 e. The number of anilines is 1. The van der Waals surface area contributed by atoms with Crippen LogP contribution >= 0.6 is 15.9 Å². The summed E-state index contributed by atoms with van der Waals surface area (Å²) in [6.45, 7) is 2.05. The molecule has 18 heavy (non-hydrogen) atoms. The third-order valence-electron chi connectivity index (χ3n) is 2.50. The first-order valence-electron chi connectivity index (χ1n) is 5.56. The number of halogens is 2. The number of esters is 1. The lowest BCUT2D eigenvalue weighted by Crippen LogP contribution is -2.35. The zero-order valence-corrected chi connectivity index (χ0v) is 11.4. The normalized spacial score (nSPS) is 18.7. The van der Waals surface area contributed by atoms with Crippen molar-refractivity contribution in [3.63, 3.8) is 0 Å². The minimum absolute atomic E-state index is 0.309. The molecule has 4 nitrogen and oxygen atoms in total. The van der Waals surface area contributed by atoms with Crippen molar-refractivity contribution >= 4 is 32.2 Å². The fourth-order valence-electron chi connectivity index (χ4n) is 1.75. The van der Waals surface area contributed by atoms with Gasteiger partial charge in [-0.3, -0.25) is 0 Å². The monoisotopic (exact) mass is 314 g/mol. The molecule has 1 aromatic carbocycles. The summed E-state index contributed by atoms with van der Waals surface area (Å²) < 4.78 is 18.8. The van der Waals surface area contributed by atoms with Crippen LogP contribution in [-0.2, 0) is 9.53 Å². The smallest absolute Gasteiger partial charge is 0.331 e. The number of ether oxygens (including phenoxy) is 1. The van der Waals surface area contributed by atoms with E-state index in [0.29, 0.717) is 23.3 Å². The van der Waals surface area contributed by atoms with Gasteiger partial charge in [0.15, 0.2) is 6.04 Å². The van der Waals surface area contributed by atoms with Gasteiger partial charge >= 0.3 is 5.97 Å². The maximum absolute atomic E-state index is 13.2. The third-order valence-corrected chi connectivity index (χ3v) is 2.99. The molecule has 6 heteroatoms. The molecule has 1 unspecified atom stereocenters. The summed E-state index contributed by atoms with van der Waals surface area (Å²) in [5, 5.41) is 5.66. The number of hydrazone groups is 1. The molecule has 1 aliphatic heterocycles. The van der Waals surface area contributed by atoms with Gasteiger partial charge in [-0.15, -0.1) is 0 Å². The number of nitrogens with zero attached hydrogens (tertiary/aromatic N) is 2. The molecular formula is C12H12BrFN2O2. The standard InChI is InChI=1S/C12H12BrFN2O2/c1-2-18-12(17)10-7-11(13)15-16(10)9-5-3-4-8(14)6-9/h3-6,10H,2,7H2,1H3. The molecule has 0 aromatic heterocycles. The number of benzene rings is 1. The average molecular weight is 315 g/mol. The average Bonchev–Trinajstić information content (AvgIpc) is 2.72. The number of hydrogen-bond acceptors (Lipinski definition) is 4. The van der Waals surface area contributed by atoms with Crippen molar-refractivity contribution in [1.29, 1.82) is 0 Å². The minimum atomic E-state index is -0.541. The van der Waals surface area contributed by atoms with E-state index >= 15 is 0 Å². The molecule has 0 amide bonds. The van der Waals surface area contributed by atoms with Crippen molar-refractivity contribution < 1.29 is 13.9 Å². The first-order valence-corrected chi connectivity index (χ1v) is 6.35. The zero-order chi connectivity index (χ0) is 13.1. The van der Waals surface area contributed by atoms with Crippen molar-refractivity contribution in [2.45, 2.75) is 19.4 Å². The van der Waals surface area contributed by atoms with Gasteiger partial charge in [0.2, 0.25) is 0 Å². The lowest BCUT2D eigenvalue weighted by molar-refractivity contribution is -0.144. The zero-order valence-electron chi connectivity index (χ0n) is 9.77. The number of rotatable bonds is 3. The molecule has 1 aliphatic rings. The summed E-state index contributed by atoms with van der Waals surface area (Å²) in [5.74, 6) is -0.728. The van der Waals surface area contributed by atoms with Crippen LogP contribution in [-0.4, -0.2) is 23.2 Å². The van der Waals surface area contributed by atoms with E-state index in [0.717, 1.165) is 0 Å². The van der Waals surface area contributed by atoms with Crippen LogP contribution in [0.2, 0.25) is 0 Å². The van der Waals surface area contributed by atoms with E-state index in [1.54, 1.807) is 19.1 Å². The fraction of sp³-hybridized carbons (Fsp3) is 0.333. The number of hydrogen-bond donors (Lipinski definition) is 0. The SMILES string of the molecule is CCOC(=O)C1CC(Br)=NN1c1cccc(F)c1. The molecule has 1 aromatic rings. The quantitative estimate of drug-likeness (QED) is 0.805. The molecule has 0 aliphatic carbocycles. The molecular weight excluding hydrogens is 303 g/mol. The largest absolute Gasteiger partial charge is 0.464 e. The fourth-order valence-corrected chi connectivity index (χ4v) is 2.23. The molecule has 0 saturated carbocycles. The van der Waals surface area contributed by atoms with E-state index in [9.17, 15) is 9.18 Å². The third kappa shape index (κ3) is 2.69. The van der Waals surface area contributed by atoms with Crippen LogP contribution in [0.25, 0.3) is 0 Å². The second-order valence-corrected chi connectivity index (χ2v) is 4.69.